The van der Waals surface area contributed by atoms with Crippen LogP contribution in [-0.2, 0) is 6.42 Å². The van der Waals surface area contributed by atoms with E-state index < -0.39 is 34.6 Å². The molecule has 1 saturated heterocycles. The van der Waals surface area contributed by atoms with E-state index in [1.807, 2.05) is 19.3 Å². The summed E-state index contributed by atoms with van der Waals surface area (Å²) in [6.45, 7) is 5.13. The molecule has 37 heavy (non-hydrogen) atoms. The van der Waals surface area contributed by atoms with Crippen LogP contribution in [0.2, 0.25) is 0 Å². The van der Waals surface area contributed by atoms with Gasteiger partial charge in [0.25, 0.3) is 0 Å². The Hall–Kier alpha value is -3.69. The van der Waals surface area contributed by atoms with Crippen molar-refractivity contribution < 1.29 is 27.0 Å². The number of benzene rings is 2. The van der Waals surface area contributed by atoms with Crippen molar-refractivity contribution in [2.45, 2.75) is 33.1 Å². The lowest BCUT2D eigenvalue weighted by molar-refractivity contribution is -0.447. The van der Waals surface area contributed by atoms with E-state index in [1.165, 1.54) is 6.92 Å². The van der Waals surface area contributed by atoms with Crippen molar-refractivity contribution in [2.24, 2.45) is 5.92 Å². The van der Waals surface area contributed by atoms with Crippen molar-refractivity contribution >= 4 is 12.2 Å². The second-order valence-corrected chi connectivity index (χ2v) is 8.97. The number of aryl methyl sites for hydroxylation is 1. The molecule has 0 amide bonds. The summed E-state index contributed by atoms with van der Waals surface area (Å²) in [4.78, 5) is 10.9. The van der Waals surface area contributed by atoms with Crippen molar-refractivity contribution in [1.82, 2.24) is 9.97 Å². The summed E-state index contributed by atoms with van der Waals surface area (Å²) < 4.78 is 64.2. The van der Waals surface area contributed by atoms with Crippen LogP contribution in [0.1, 0.15) is 37.8 Å². The summed E-state index contributed by atoms with van der Waals surface area (Å²) >= 11 is 0. The minimum atomic E-state index is -1.01. The third kappa shape index (κ3) is 6.18. The largest absolute Gasteiger partial charge is 0.624 e. The predicted molar refractivity (Wildman–Crippen MR) is 133 cm³/mol. The SMILES string of the molecule is CCc1cnc(N2CCC(COc3c(F)cc(-c4cc(F)c(/C=[N+](\[O-])CC)c(F)c4)cc3F)CC2)nc1. The standard InChI is InChI=1S/C27H28F4N4O2/c1-3-17-13-32-27(33-14-17)34-7-5-18(6-8-34)16-37-26-24(30)11-20(12-25(26)31)19-9-22(28)21(23(29)10-19)15-35(36)4-2/h9-15,18H,3-8,16H2,1-2H3/b35-15-. The smallest absolute Gasteiger partial charge is 0.225 e. The fourth-order valence-electron chi connectivity index (χ4n) is 4.17. The molecule has 1 aliphatic heterocycles. The summed E-state index contributed by atoms with van der Waals surface area (Å²) in [5.74, 6) is -3.72. The Balaban J connectivity index is 1.40. The van der Waals surface area contributed by atoms with Gasteiger partial charge in [-0.1, -0.05) is 6.92 Å². The van der Waals surface area contributed by atoms with Gasteiger partial charge < -0.3 is 14.8 Å². The highest BCUT2D eigenvalue weighted by molar-refractivity contribution is 5.79. The number of aromatic nitrogens is 2. The predicted octanol–water partition coefficient (Wildman–Crippen LogP) is 5.51. The Morgan fingerprint density at radius 3 is 2.00 bits per heavy atom. The van der Waals surface area contributed by atoms with Crippen LogP contribution in [0.4, 0.5) is 23.5 Å². The number of hydroxylamine groups is 1. The first-order chi connectivity index (χ1) is 17.8. The van der Waals surface area contributed by atoms with Gasteiger partial charge >= 0.3 is 0 Å². The topological polar surface area (TPSA) is 64.3 Å². The molecule has 1 aromatic heterocycles. The van der Waals surface area contributed by atoms with Crippen LogP contribution in [-0.4, -0.2) is 47.2 Å². The van der Waals surface area contributed by atoms with Gasteiger partial charge in [0, 0.05) is 25.5 Å². The Morgan fingerprint density at radius 2 is 1.49 bits per heavy atom. The van der Waals surface area contributed by atoms with Gasteiger partial charge in [-0.05, 0) is 73.1 Å². The molecular formula is C27H28F4N4O2. The number of hydrogen-bond acceptors (Lipinski definition) is 5. The highest BCUT2D eigenvalue weighted by Crippen LogP contribution is 2.31. The molecule has 0 atom stereocenters. The van der Waals surface area contributed by atoms with E-state index in [2.05, 4.69) is 14.9 Å². The van der Waals surface area contributed by atoms with Gasteiger partial charge in [0.15, 0.2) is 30.1 Å². The van der Waals surface area contributed by atoms with Gasteiger partial charge in [0.05, 0.1) is 6.61 Å². The highest BCUT2D eigenvalue weighted by atomic mass is 19.1. The zero-order chi connectivity index (χ0) is 26.5. The monoisotopic (exact) mass is 516 g/mol. The van der Waals surface area contributed by atoms with E-state index in [4.69, 9.17) is 4.74 Å². The van der Waals surface area contributed by atoms with E-state index in [1.54, 1.807) is 0 Å². The molecule has 0 unspecified atom stereocenters. The minimum absolute atomic E-state index is 0.0128. The quantitative estimate of drug-likeness (QED) is 0.130. The average molecular weight is 517 g/mol. The van der Waals surface area contributed by atoms with E-state index >= 15 is 0 Å². The number of piperidine rings is 1. The van der Waals surface area contributed by atoms with Gasteiger partial charge in [-0.25, -0.2) is 32.3 Å². The molecule has 0 saturated carbocycles. The van der Waals surface area contributed by atoms with Crippen molar-refractivity contribution in [3.05, 3.63) is 76.3 Å². The van der Waals surface area contributed by atoms with Gasteiger partial charge in [-0.2, -0.15) is 0 Å². The average Bonchev–Trinajstić information content (AvgIpc) is 2.90. The Morgan fingerprint density at radius 1 is 0.946 bits per heavy atom. The maximum Gasteiger partial charge on any atom is 0.225 e. The molecule has 0 spiro atoms. The normalized spacial score (nSPS) is 14.8. The molecule has 0 N–H and O–H groups in total. The lowest BCUT2D eigenvalue weighted by Crippen LogP contribution is -2.36. The molecule has 3 aromatic rings. The lowest BCUT2D eigenvalue weighted by Gasteiger charge is -2.31. The van der Waals surface area contributed by atoms with Gasteiger partial charge in [0.2, 0.25) is 5.95 Å². The van der Waals surface area contributed by atoms with Crippen LogP contribution in [0.5, 0.6) is 5.75 Å². The van der Waals surface area contributed by atoms with Crippen LogP contribution in [0.25, 0.3) is 11.1 Å². The molecule has 2 heterocycles. The fourth-order valence-corrected chi connectivity index (χ4v) is 4.17. The van der Waals surface area contributed by atoms with Crippen LogP contribution < -0.4 is 9.64 Å². The summed E-state index contributed by atoms with van der Waals surface area (Å²) in [7, 11) is 0. The maximum absolute atomic E-state index is 14.8. The molecule has 0 bridgehead atoms. The van der Waals surface area contributed by atoms with E-state index in [0.29, 0.717) is 23.8 Å². The first kappa shape index (κ1) is 26.4. The van der Waals surface area contributed by atoms with Crippen LogP contribution in [0.3, 0.4) is 0 Å². The number of hydrogen-bond donors (Lipinski definition) is 0. The number of nitrogens with zero attached hydrogens (tertiary/aromatic N) is 4. The van der Waals surface area contributed by atoms with Gasteiger partial charge in [-0.15, -0.1) is 0 Å². The summed E-state index contributed by atoms with van der Waals surface area (Å²) in [6.07, 6.45) is 6.80. The molecule has 2 aromatic carbocycles. The molecule has 196 valence electrons. The Bertz CT molecular complexity index is 1230. The van der Waals surface area contributed by atoms with E-state index in [9.17, 15) is 22.8 Å². The van der Waals surface area contributed by atoms with E-state index in [-0.39, 0.29) is 30.2 Å². The maximum atomic E-state index is 14.8. The Labute approximate surface area is 212 Å². The number of ether oxygens (including phenoxy) is 1. The molecule has 1 fully saturated rings. The zero-order valence-electron chi connectivity index (χ0n) is 20.7. The molecule has 4 rings (SSSR count). The summed E-state index contributed by atoms with van der Waals surface area (Å²) in [6, 6.07) is 3.81. The summed E-state index contributed by atoms with van der Waals surface area (Å²) in [5.41, 5.74) is 0.433. The van der Waals surface area contributed by atoms with Crippen LogP contribution in [0, 0.1) is 34.4 Å². The molecule has 10 heteroatoms. The zero-order valence-corrected chi connectivity index (χ0v) is 20.7. The number of rotatable bonds is 8. The number of halogens is 4. The van der Waals surface area contributed by atoms with Crippen molar-refractivity contribution in [3.63, 3.8) is 0 Å². The second kappa shape index (κ2) is 11.6. The lowest BCUT2D eigenvalue weighted by atomic mass is 9.98. The van der Waals surface area contributed by atoms with Gasteiger partial charge in [-0.3, -0.25) is 0 Å². The third-order valence-electron chi connectivity index (χ3n) is 6.46. The van der Waals surface area contributed by atoms with Crippen LogP contribution in [0.15, 0.2) is 36.7 Å². The van der Waals surface area contributed by atoms with Crippen molar-refractivity contribution in [3.8, 4) is 16.9 Å². The van der Waals surface area contributed by atoms with Crippen molar-refractivity contribution in [1.29, 1.82) is 0 Å². The second-order valence-electron chi connectivity index (χ2n) is 8.97. The third-order valence-corrected chi connectivity index (χ3v) is 6.46. The molecular weight excluding hydrogens is 488 g/mol. The summed E-state index contributed by atoms with van der Waals surface area (Å²) in [5, 5.41) is 11.5. The van der Waals surface area contributed by atoms with Gasteiger partial charge in [0.1, 0.15) is 17.2 Å². The first-order valence-electron chi connectivity index (χ1n) is 12.2. The molecule has 0 radical (unpaired) electrons. The van der Waals surface area contributed by atoms with Crippen molar-refractivity contribution in [2.75, 3.05) is 31.1 Å². The fraction of sp³-hybridized carbons (Fsp3) is 0.370. The van der Waals surface area contributed by atoms with Crippen LogP contribution >= 0.6 is 0 Å². The molecule has 0 aliphatic carbocycles. The minimum Gasteiger partial charge on any atom is -0.624 e. The number of anilines is 1. The Kier molecular flexibility index (Phi) is 8.25. The molecule has 6 nitrogen and oxygen atoms in total. The highest BCUT2D eigenvalue weighted by Gasteiger charge is 2.23. The molecule has 1 aliphatic rings. The first-order valence-corrected chi connectivity index (χ1v) is 12.2. The van der Waals surface area contributed by atoms with E-state index in [0.717, 1.165) is 55.3 Å².